The maximum absolute atomic E-state index is 12.3. The molecule has 3 rings (SSSR count). The van der Waals surface area contributed by atoms with Crippen LogP contribution in [0.2, 0.25) is 0 Å². The second-order valence-corrected chi connectivity index (χ2v) is 8.14. The molecular formula is C19H29N3OS. The quantitative estimate of drug-likeness (QED) is 0.887. The summed E-state index contributed by atoms with van der Waals surface area (Å²) in [6, 6.07) is 10.9. The highest BCUT2D eigenvalue weighted by Crippen LogP contribution is 2.23. The number of para-hydroxylation sites is 1. The molecule has 0 bridgehead atoms. The van der Waals surface area contributed by atoms with E-state index < -0.39 is 0 Å². The molecule has 24 heavy (non-hydrogen) atoms. The number of hydrogen-bond donors (Lipinski definition) is 1. The minimum atomic E-state index is 0.232. The van der Waals surface area contributed by atoms with E-state index in [1.165, 1.54) is 5.69 Å². The van der Waals surface area contributed by atoms with Crippen molar-refractivity contribution in [2.75, 3.05) is 49.1 Å². The van der Waals surface area contributed by atoms with Crippen LogP contribution in [0.5, 0.6) is 0 Å². The van der Waals surface area contributed by atoms with E-state index in [1.807, 2.05) is 11.8 Å². The van der Waals surface area contributed by atoms with Gasteiger partial charge in [-0.15, -0.1) is 0 Å². The average molecular weight is 348 g/mol. The fourth-order valence-electron chi connectivity index (χ4n) is 3.58. The van der Waals surface area contributed by atoms with Crippen molar-refractivity contribution < 1.29 is 4.79 Å². The lowest BCUT2D eigenvalue weighted by Gasteiger charge is -2.37. The molecule has 0 radical (unpaired) electrons. The summed E-state index contributed by atoms with van der Waals surface area (Å²) in [6.07, 6.45) is 2.08. The van der Waals surface area contributed by atoms with Gasteiger partial charge in [0.05, 0.1) is 0 Å². The predicted octanol–water partition coefficient (Wildman–Crippen LogP) is 2.46. The number of thioether (sulfide) groups is 1. The molecule has 0 spiro atoms. The zero-order chi connectivity index (χ0) is 16.8. The summed E-state index contributed by atoms with van der Waals surface area (Å²) in [7, 11) is 0. The number of carbonyl (C=O) groups is 1. The Balaban J connectivity index is 1.40. The van der Waals surface area contributed by atoms with Crippen LogP contribution in [0.15, 0.2) is 30.3 Å². The Bertz CT molecular complexity index is 511. The number of piperazine rings is 1. The fraction of sp³-hybridized carbons (Fsp3) is 0.632. The first-order valence-corrected chi connectivity index (χ1v) is 10.3. The third kappa shape index (κ3) is 4.90. The zero-order valence-electron chi connectivity index (χ0n) is 14.6. The smallest absolute Gasteiger partial charge is 0.223 e. The Labute approximate surface area is 150 Å². The lowest BCUT2D eigenvalue weighted by molar-refractivity contribution is -0.125. The molecule has 2 fully saturated rings. The van der Waals surface area contributed by atoms with Crippen LogP contribution < -0.4 is 10.2 Å². The Hall–Kier alpha value is -1.20. The molecule has 2 aliphatic rings. The molecule has 1 N–H and O–H groups in total. The number of nitrogens with zero attached hydrogens (tertiary/aromatic N) is 2. The van der Waals surface area contributed by atoms with Crippen LogP contribution in [-0.2, 0) is 4.79 Å². The predicted molar refractivity (Wildman–Crippen MR) is 103 cm³/mol. The summed E-state index contributed by atoms with van der Waals surface area (Å²) in [5, 5.41) is 3.24. The van der Waals surface area contributed by atoms with Gasteiger partial charge in [0.15, 0.2) is 0 Å². The van der Waals surface area contributed by atoms with Crippen molar-refractivity contribution in [3.63, 3.8) is 0 Å². The van der Waals surface area contributed by atoms with Crippen LogP contribution in [0.25, 0.3) is 0 Å². The van der Waals surface area contributed by atoms with Crippen molar-refractivity contribution in [1.82, 2.24) is 10.2 Å². The molecule has 0 aliphatic carbocycles. The summed E-state index contributed by atoms with van der Waals surface area (Å²) < 4.78 is 0. The molecule has 2 heterocycles. The summed E-state index contributed by atoms with van der Waals surface area (Å²) in [5.41, 5.74) is 1.31. The van der Waals surface area contributed by atoms with Crippen LogP contribution in [0.1, 0.15) is 19.8 Å². The first-order chi connectivity index (χ1) is 11.7. The van der Waals surface area contributed by atoms with Gasteiger partial charge in [0, 0.05) is 50.4 Å². The molecule has 0 saturated carbocycles. The molecule has 1 aromatic rings. The van der Waals surface area contributed by atoms with E-state index in [0.29, 0.717) is 0 Å². The van der Waals surface area contributed by atoms with Crippen LogP contribution in [0.4, 0.5) is 5.69 Å². The van der Waals surface area contributed by atoms with Gasteiger partial charge < -0.3 is 10.2 Å². The van der Waals surface area contributed by atoms with E-state index in [0.717, 1.165) is 57.1 Å². The Morgan fingerprint density at radius 1 is 1.17 bits per heavy atom. The minimum absolute atomic E-state index is 0.232. The number of amides is 1. The molecule has 1 aromatic carbocycles. The van der Waals surface area contributed by atoms with Crippen molar-refractivity contribution in [2.45, 2.75) is 25.8 Å². The van der Waals surface area contributed by atoms with Gasteiger partial charge in [-0.1, -0.05) is 18.2 Å². The van der Waals surface area contributed by atoms with E-state index >= 15 is 0 Å². The van der Waals surface area contributed by atoms with Crippen molar-refractivity contribution >= 4 is 23.4 Å². The molecule has 4 nitrogen and oxygen atoms in total. The number of anilines is 1. The lowest BCUT2D eigenvalue weighted by atomic mass is 10.0. The maximum atomic E-state index is 12.3. The highest BCUT2D eigenvalue weighted by atomic mass is 32.2. The van der Waals surface area contributed by atoms with Gasteiger partial charge >= 0.3 is 0 Å². The highest BCUT2D eigenvalue weighted by molar-refractivity contribution is 7.99. The van der Waals surface area contributed by atoms with E-state index in [4.69, 9.17) is 0 Å². The summed E-state index contributed by atoms with van der Waals surface area (Å²) in [4.78, 5) is 17.3. The second kappa shape index (κ2) is 8.77. The summed E-state index contributed by atoms with van der Waals surface area (Å²) in [5.74, 6) is 2.77. The highest BCUT2D eigenvalue weighted by Gasteiger charge is 2.24. The van der Waals surface area contributed by atoms with Crippen LogP contribution in [0, 0.1) is 5.92 Å². The summed E-state index contributed by atoms with van der Waals surface area (Å²) >= 11 is 1.97. The Kier molecular flexibility index (Phi) is 6.44. The molecule has 5 heteroatoms. The number of rotatable bonds is 5. The third-order valence-corrected chi connectivity index (χ3v) is 6.06. The molecule has 1 amide bonds. The van der Waals surface area contributed by atoms with Gasteiger partial charge in [0.25, 0.3) is 0 Å². The maximum Gasteiger partial charge on any atom is 0.223 e. The normalized spacial score (nSPS) is 21.5. The zero-order valence-corrected chi connectivity index (χ0v) is 15.4. The van der Waals surface area contributed by atoms with Crippen LogP contribution in [0.3, 0.4) is 0 Å². The molecule has 132 valence electrons. The molecule has 0 aromatic heterocycles. The second-order valence-electron chi connectivity index (χ2n) is 6.92. The van der Waals surface area contributed by atoms with Gasteiger partial charge in [-0.3, -0.25) is 9.69 Å². The van der Waals surface area contributed by atoms with E-state index in [9.17, 15) is 4.79 Å². The average Bonchev–Trinajstić information content (AvgIpc) is 2.64. The number of nitrogens with one attached hydrogen (secondary N) is 1. The largest absolute Gasteiger partial charge is 0.369 e. The van der Waals surface area contributed by atoms with Crippen molar-refractivity contribution in [2.24, 2.45) is 5.92 Å². The fourth-order valence-corrected chi connectivity index (χ4v) is 4.69. The van der Waals surface area contributed by atoms with E-state index in [-0.39, 0.29) is 17.9 Å². The summed E-state index contributed by atoms with van der Waals surface area (Å²) in [6.45, 7) is 7.34. The standard InChI is InChI=1S/C19H29N3OS/c1-16(20-19(23)17-7-13-24-14-8-17)15-21-9-11-22(12-10-21)18-5-3-2-4-6-18/h2-6,16-17H,7-15H2,1H3,(H,20,23). The van der Waals surface area contributed by atoms with Gasteiger partial charge in [-0.25, -0.2) is 0 Å². The van der Waals surface area contributed by atoms with Gasteiger partial charge in [0.1, 0.15) is 0 Å². The van der Waals surface area contributed by atoms with Crippen LogP contribution in [-0.4, -0.2) is 61.1 Å². The van der Waals surface area contributed by atoms with Crippen LogP contribution >= 0.6 is 11.8 Å². The van der Waals surface area contributed by atoms with Gasteiger partial charge in [-0.05, 0) is 43.4 Å². The van der Waals surface area contributed by atoms with E-state index in [2.05, 4.69) is 52.4 Å². The number of benzene rings is 1. The molecule has 1 unspecified atom stereocenters. The van der Waals surface area contributed by atoms with Crippen molar-refractivity contribution in [1.29, 1.82) is 0 Å². The topological polar surface area (TPSA) is 35.6 Å². The molecule has 2 aliphatic heterocycles. The molecular weight excluding hydrogens is 318 g/mol. The number of hydrogen-bond acceptors (Lipinski definition) is 4. The van der Waals surface area contributed by atoms with Gasteiger partial charge in [-0.2, -0.15) is 11.8 Å². The number of carbonyl (C=O) groups excluding carboxylic acids is 1. The SMILES string of the molecule is CC(CN1CCN(c2ccccc2)CC1)NC(=O)C1CCSCC1. The van der Waals surface area contributed by atoms with Crippen molar-refractivity contribution in [3.8, 4) is 0 Å². The van der Waals surface area contributed by atoms with Crippen molar-refractivity contribution in [3.05, 3.63) is 30.3 Å². The Morgan fingerprint density at radius 2 is 1.83 bits per heavy atom. The molecule has 2 saturated heterocycles. The van der Waals surface area contributed by atoms with Gasteiger partial charge in [0.2, 0.25) is 5.91 Å². The first-order valence-electron chi connectivity index (χ1n) is 9.13. The lowest BCUT2D eigenvalue weighted by Crippen LogP contribution is -2.51. The minimum Gasteiger partial charge on any atom is -0.369 e. The monoisotopic (exact) mass is 347 g/mol. The third-order valence-electron chi connectivity index (χ3n) is 5.01. The molecule has 1 atom stereocenters. The first kappa shape index (κ1) is 17.6. The van der Waals surface area contributed by atoms with E-state index in [1.54, 1.807) is 0 Å². The Morgan fingerprint density at radius 3 is 2.50 bits per heavy atom.